The molecule has 0 saturated heterocycles. The topological polar surface area (TPSA) is 27.1 Å². The van der Waals surface area contributed by atoms with Crippen LogP contribution in [0.15, 0.2) is 60.8 Å². The molecule has 3 rings (SSSR count). The first-order chi connectivity index (χ1) is 9.74. The van der Waals surface area contributed by atoms with Gasteiger partial charge in [0.25, 0.3) is 0 Å². The largest absolute Gasteiger partial charge is 0.452 e. The van der Waals surface area contributed by atoms with Crippen LogP contribution in [0.2, 0.25) is 5.15 Å². The quantitative estimate of drug-likeness (QED) is 0.711. The summed E-state index contributed by atoms with van der Waals surface area (Å²) in [6, 6.07) is 15.2. The molecule has 0 N–H and O–H groups in total. The van der Waals surface area contributed by atoms with E-state index in [1.54, 1.807) is 12.1 Å². The van der Waals surface area contributed by atoms with E-state index in [0.717, 1.165) is 0 Å². The molecule has 100 valence electrons. The van der Waals surface area contributed by atoms with Crippen molar-refractivity contribution in [3.8, 4) is 17.2 Å². The summed E-state index contributed by atoms with van der Waals surface area (Å²) in [7, 11) is 0. The number of aromatic nitrogens is 2. The lowest BCUT2D eigenvalue weighted by atomic mass is 10.3. The van der Waals surface area contributed by atoms with E-state index >= 15 is 0 Å². The Balaban J connectivity index is 1.91. The molecule has 0 spiro atoms. The van der Waals surface area contributed by atoms with Crippen LogP contribution in [0.25, 0.3) is 5.69 Å². The van der Waals surface area contributed by atoms with Gasteiger partial charge in [-0.2, -0.15) is 5.10 Å². The Bertz CT molecular complexity index is 710. The summed E-state index contributed by atoms with van der Waals surface area (Å²) in [6.07, 6.45) is 1.53. The van der Waals surface area contributed by atoms with Crippen molar-refractivity contribution < 1.29 is 9.13 Å². The number of hydrogen-bond acceptors (Lipinski definition) is 2. The van der Waals surface area contributed by atoms with E-state index in [1.807, 2.05) is 30.3 Å². The Morgan fingerprint density at radius 3 is 2.40 bits per heavy atom. The average Bonchev–Trinajstić information content (AvgIpc) is 2.83. The number of nitrogens with zero attached hydrogens (tertiary/aromatic N) is 2. The van der Waals surface area contributed by atoms with E-state index in [2.05, 4.69) is 5.10 Å². The van der Waals surface area contributed by atoms with Crippen LogP contribution in [0.5, 0.6) is 11.5 Å². The molecule has 20 heavy (non-hydrogen) atoms. The molecule has 0 bridgehead atoms. The monoisotopic (exact) mass is 288 g/mol. The Labute approximate surface area is 120 Å². The summed E-state index contributed by atoms with van der Waals surface area (Å²) in [5.41, 5.74) is 0.666. The number of halogens is 2. The minimum Gasteiger partial charge on any atom is -0.452 e. The third-order valence-electron chi connectivity index (χ3n) is 2.72. The van der Waals surface area contributed by atoms with Crippen molar-refractivity contribution in [1.82, 2.24) is 9.78 Å². The number of hydrogen-bond donors (Lipinski definition) is 0. The maximum Gasteiger partial charge on any atom is 0.184 e. The Hall–Kier alpha value is -2.33. The van der Waals surface area contributed by atoms with Gasteiger partial charge in [-0.1, -0.05) is 29.8 Å². The van der Waals surface area contributed by atoms with Crippen molar-refractivity contribution in [1.29, 1.82) is 0 Å². The molecular weight excluding hydrogens is 279 g/mol. The van der Waals surface area contributed by atoms with Gasteiger partial charge in [0.15, 0.2) is 10.9 Å². The fourth-order valence-corrected chi connectivity index (χ4v) is 1.99. The first-order valence-corrected chi connectivity index (χ1v) is 6.34. The van der Waals surface area contributed by atoms with E-state index in [4.69, 9.17) is 16.3 Å². The van der Waals surface area contributed by atoms with Gasteiger partial charge in [0.05, 0.1) is 11.9 Å². The Morgan fingerprint density at radius 1 is 1.00 bits per heavy atom. The van der Waals surface area contributed by atoms with Crippen molar-refractivity contribution >= 4 is 11.6 Å². The fraction of sp³-hybridized carbons (Fsp3) is 0. The number of ether oxygens (including phenoxy) is 1. The summed E-state index contributed by atoms with van der Waals surface area (Å²) in [5.74, 6) is 0.813. The second-order valence-corrected chi connectivity index (χ2v) is 4.46. The average molecular weight is 289 g/mol. The van der Waals surface area contributed by atoms with E-state index in [1.165, 1.54) is 23.0 Å². The Morgan fingerprint density at radius 2 is 1.70 bits per heavy atom. The van der Waals surface area contributed by atoms with Crippen molar-refractivity contribution in [2.45, 2.75) is 0 Å². The molecule has 0 fully saturated rings. The first kappa shape index (κ1) is 12.7. The normalized spacial score (nSPS) is 10.5. The molecule has 3 nitrogen and oxygen atoms in total. The first-order valence-electron chi connectivity index (χ1n) is 5.96. The van der Waals surface area contributed by atoms with Gasteiger partial charge >= 0.3 is 0 Å². The molecule has 0 aliphatic carbocycles. The van der Waals surface area contributed by atoms with E-state index in [9.17, 15) is 4.39 Å². The second-order valence-electron chi connectivity index (χ2n) is 4.10. The fourth-order valence-electron chi connectivity index (χ4n) is 1.76. The third-order valence-corrected chi connectivity index (χ3v) is 3.07. The molecule has 1 heterocycles. The van der Waals surface area contributed by atoms with Gasteiger partial charge in [-0.15, -0.1) is 0 Å². The van der Waals surface area contributed by atoms with Gasteiger partial charge in [-0.3, -0.25) is 0 Å². The smallest absolute Gasteiger partial charge is 0.184 e. The maximum absolute atomic E-state index is 12.9. The second kappa shape index (κ2) is 5.35. The van der Waals surface area contributed by atoms with Crippen LogP contribution in [-0.2, 0) is 0 Å². The zero-order chi connectivity index (χ0) is 13.9. The molecule has 0 amide bonds. The maximum atomic E-state index is 12.9. The molecule has 0 radical (unpaired) electrons. The molecular formula is C15H10ClFN2O. The van der Waals surface area contributed by atoms with Crippen LogP contribution < -0.4 is 4.74 Å². The predicted molar refractivity (Wildman–Crippen MR) is 75.0 cm³/mol. The van der Waals surface area contributed by atoms with Gasteiger partial charge in [0.2, 0.25) is 0 Å². The third kappa shape index (κ3) is 2.51. The van der Waals surface area contributed by atoms with Crippen LogP contribution in [0, 0.1) is 5.82 Å². The molecule has 1 aromatic heterocycles. The van der Waals surface area contributed by atoms with Gasteiger partial charge in [-0.05, 0) is 36.4 Å². The number of para-hydroxylation sites is 1. The van der Waals surface area contributed by atoms with Crippen molar-refractivity contribution in [2.24, 2.45) is 0 Å². The van der Waals surface area contributed by atoms with Crippen LogP contribution in [0.1, 0.15) is 0 Å². The molecule has 0 saturated carbocycles. The van der Waals surface area contributed by atoms with Crippen LogP contribution >= 0.6 is 11.6 Å². The number of benzene rings is 2. The Kier molecular flexibility index (Phi) is 3.39. The lowest BCUT2D eigenvalue weighted by Crippen LogP contribution is -1.96. The SMILES string of the molecule is Fc1ccc(-n2ncc(Oc3ccccc3)c2Cl)cc1. The predicted octanol–water partition coefficient (Wildman–Crippen LogP) is 4.46. The lowest BCUT2D eigenvalue weighted by molar-refractivity contribution is 0.483. The molecule has 5 heteroatoms. The standard InChI is InChI=1S/C15H10ClFN2O/c16-15-14(20-13-4-2-1-3-5-13)10-18-19(15)12-8-6-11(17)7-9-12/h1-10H. The summed E-state index contributed by atoms with van der Waals surface area (Å²) >= 11 is 6.23. The van der Waals surface area contributed by atoms with Gasteiger partial charge in [0, 0.05) is 0 Å². The highest BCUT2D eigenvalue weighted by atomic mass is 35.5. The van der Waals surface area contributed by atoms with Crippen molar-refractivity contribution in [3.05, 3.63) is 71.8 Å². The minimum atomic E-state index is -0.308. The zero-order valence-corrected chi connectivity index (χ0v) is 11.1. The highest BCUT2D eigenvalue weighted by molar-refractivity contribution is 6.31. The molecule has 0 aliphatic heterocycles. The molecule has 0 unspecified atom stereocenters. The highest BCUT2D eigenvalue weighted by Crippen LogP contribution is 2.30. The van der Waals surface area contributed by atoms with Crippen LogP contribution in [0.3, 0.4) is 0 Å². The van der Waals surface area contributed by atoms with E-state index in [-0.39, 0.29) is 5.82 Å². The van der Waals surface area contributed by atoms with Crippen LogP contribution in [-0.4, -0.2) is 9.78 Å². The summed E-state index contributed by atoms with van der Waals surface area (Å²) in [5, 5.41) is 4.48. The van der Waals surface area contributed by atoms with Crippen molar-refractivity contribution in [3.63, 3.8) is 0 Å². The molecule has 3 aromatic rings. The van der Waals surface area contributed by atoms with E-state index in [0.29, 0.717) is 22.3 Å². The molecule has 0 aliphatic rings. The van der Waals surface area contributed by atoms with Crippen molar-refractivity contribution in [2.75, 3.05) is 0 Å². The van der Waals surface area contributed by atoms with Gasteiger partial charge in [-0.25, -0.2) is 9.07 Å². The summed E-state index contributed by atoms with van der Waals surface area (Å²) < 4.78 is 20.0. The molecule has 0 atom stereocenters. The number of rotatable bonds is 3. The van der Waals surface area contributed by atoms with E-state index < -0.39 is 0 Å². The zero-order valence-electron chi connectivity index (χ0n) is 10.3. The van der Waals surface area contributed by atoms with Gasteiger partial charge in [0.1, 0.15) is 11.6 Å². The minimum absolute atomic E-state index is 0.308. The lowest BCUT2D eigenvalue weighted by Gasteiger charge is -2.05. The summed E-state index contributed by atoms with van der Waals surface area (Å²) in [6.45, 7) is 0. The van der Waals surface area contributed by atoms with Gasteiger partial charge < -0.3 is 4.74 Å². The summed E-state index contributed by atoms with van der Waals surface area (Å²) in [4.78, 5) is 0. The molecule has 2 aromatic carbocycles. The van der Waals surface area contributed by atoms with Crippen LogP contribution in [0.4, 0.5) is 4.39 Å². The highest BCUT2D eigenvalue weighted by Gasteiger charge is 2.12.